The molecule has 34 heavy (non-hydrogen) atoms. The number of benzene rings is 1. The molecule has 9 nitrogen and oxygen atoms in total. The molecular weight excluding hydrogens is 446 g/mol. The van der Waals surface area contributed by atoms with Crippen molar-refractivity contribution in [2.45, 2.75) is 20.4 Å². The molecular formula is C23H22F2N6O3. The van der Waals surface area contributed by atoms with Crippen molar-refractivity contribution < 1.29 is 23.2 Å². The van der Waals surface area contributed by atoms with Crippen molar-refractivity contribution in [2.24, 2.45) is 11.8 Å². The number of carboxylic acids is 1. The lowest BCUT2D eigenvalue weighted by Gasteiger charge is -2.17. The highest BCUT2D eigenvalue weighted by Crippen LogP contribution is 2.26. The van der Waals surface area contributed by atoms with Gasteiger partial charge in [0, 0.05) is 18.2 Å². The molecule has 1 aromatic carbocycles. The monoisotopic (exact) mass is 468 g/mol. The fourth-order valence-electron chi connectivity index (χ4n) is 3.41. The SMILES string of the molecule is CC(C)[C@@H](CNc1nc(-c2cc(-c3ccon3)n(Cc3ccccc3F)n2)ncc1F)C(=O)O. The standard InChI is InChI=1S/C23H22F2N6O3/c1-13(2)15(23(32)33)10-26-21-17(25)11-27-22(28-21)19-9-20(18-7-8-34-30-18)31(29-19)12-14-5-3-4-6-16(14)24/h3-9,11,13,15H,10,12H2,1-2H3,(H,32,33)(H,26,27,28)/t15-/m1/s1. The summed E-state index contributed by atoms with van der Waals surface area (Å²) in [5.74, 6) is -3.00. The minimum Gasteiger partial charge on any atom is -0.481 e. The molecule has 11 heteroatoms. The molecule has 0 spiro atoms. The highest BCUT2D eigenvalue weighted by atomic mass is 19.1. The predicted octanol–water partition coefficient (Wildman–Crippen LogP) is 4.09. The average Bonchev–Trinajstić information content (AvgIpc) is 3.46. The van der Waals surface area contributed by atoms with E-state index in [-0.39, 0.29) is 36.5 Å². The number of anilines is 1. The van der Waals surface area contributed by atoms with Crippen LogP contribution in [-0.4, -0.2) is 42.5 Å². The minimum absolute atomic E-state index is 0.00765. The molecule has 0 fully saturated rings. The Hall–Kier alpha value is -4.15. The number of nitrogens with one attached hydrogen (secondary N) is 1. The number of aliphatic carboxylic acids is 1. The molecule has 0 bridgehead atoms. The molecule has 2 N–H and O–H groups in total. The zero-order chi connectivity index (χ0) is 24.2. The lowest BCUT2D eigenvalue weighted by atomic mass is 9.96. The number of aromatic nitrogens is 5. The Balaban J connectivity index is 1.67. The van der Waals surface area contributed by atoms with Gasteiger partial charge in [0.25, 0.3) is 0 Å². The van der Waals surface area contributed by atoms with E-state index in [1.54, 1.807) is 44.2 Å². The summed E-state index contributed by atoms with van der Waals surface area (Å²) in [5.41, 5.74) is 1.71. The van der Waals surface area contributed by atoms with Gasteiger partial charge >= 0.3 is 5.97 Å². The molecule has 3 aromatic heterocycles. The van der Waals surface area contributed by atoms with E-state index in [2.05, 4.69) is 25.5 Å². The van der Waals surface area contributed by atoms with E-state index in [9.17, 15) is 18.7 Å². The maximum Gasteiger partial charge on any atom is 0.308 e. The number of rotatable bonds is 9. The number of hydrogen-bond acceptors (Lipinski definition) is 7. The van der Waals surface area contributed by atoms with E-state index in [0.717, 1.165) is 6.20 Å². The molecule has 0 aliphatic heterocycles. The second-order valence-electron chi connectivity index (χ2n) is 8.01. The van der Waals surface area contributed by atoms with Crippen molar-refractivity contribution in [2.75, 3.05) is 11.9 Å². The fourth-order valence-corrected chi connectivity index (χ4v) is 3.41. The van der Waals surface area contributed by atoms with Crippen molar-refractivity contribution in [3.63, 3.8) is 0 Å². The third kappa shape index (κ3) is 4.92. The van der Waals surface area contributed by atoms with Crippen LogP contribution in [0, 0.1) is 23.5 Å². The van der Waals surface area contributed by atoms with Crippen LogP contribution in [0.25, 0.3) is 22.9 Å². The number of hydrogen-bond donors (Lipinski definition) is 2. The van der Waals surface area contributed by atoms with Gasteiger partial charge in [-0.3, -0.25) is 9.48 Å². The first-order valence-electron chi connectivity index (χ1n) is 10.5. The average molecular weight is 468 g/mol. The Kier molecular flexibility index (Phi) is 6.62. The predicted molar refractivity (Wildman–Crippen MR) is 119 cm³/mol. The summed E-state index contributed by atoms with van der Waals surface area (Å²) in [6, 6.07) is 9.60. The summed E-state index contributed by atoms with van der Waals surface area (Å²) in [6.07, 6.45) is 2.39. The van der Waals surface area contributed by atoms with Crippen LogP contribution < -0.4 is 5.32 Å². The van der Waals surface area contributed by atoms with Gasteiger partial charge in [0.15, 0.2) is 17.5 Å². The van der Waals surface area contributed by atoms with Crippen LogP contribution in [-0.2, 0) is 11.3 Å². The summed E-state index contributed by atoms with van der Waals surface area (Å²) in [4.78, 5) is 19.7. The summed E-state index contributed by atoms with van der Waals surface area (Å²) >= 11 is 0. The summed E-state index contributed by atoms with van der Waals surface area (Å²) in [6.45, 7) is 3.65. The third-order valence-corrected chi connectivity index (χ3v) is 5.34. The lowest BCUT2D eigenvalue weighted by molar-refractivity contribution is -0.142. The Bertz CT molecular complexity index is 1290. The van der Waals surface area contributed by atoms with Gasteiger partial charge in [0.05, 0.1) is 24.4 Å². The van der Waals surface area contributed by atoms with Crippen LogP contribution in [0.3, 0.4) is 0 Å². The molecule has 0 aliphatic rings. The van der Waals surface area contributed by atoms with Crippen LogP contribution >= 0.6 is 0 Å². The van der Waals surface area contributed by atoms with E-state index in [0.29, 0.717) is 22.6 Å². The number of carboxylic acid groups (broad SMARTS) is 1. The van der Waals surface area contributed by atoms with E-state index in [1.165, 1.54) is 17.0 Å². The first-order chi connectivity index (χ1) is 16.3. The van der Waals surface area contributed by atoms with Crippen molar-refractivity contribution >= 4 is 11.8 Å². The van der Waals surface area contributed by atoms with Gasteiger partial charge in [-0.05, 0) is 18.1 Å². The highest BCUT2D eigenvalue weighted by molar-refractivity contribution is 5.71. The molecule has 0 unspecified atom stereocenters. The third-order valence-electron chi connectivity index (χ3n) is 5.34. The first kappa shape index (κ1) is 23.0. The number of carbonyl (C=O) groups is 1. The van der Waals surface area contributed by atoms with Gasteiger partial charge in [-0.15, -0.1) is 0 Å². The molecule has 0 aliphatic carbocycles. The van der Waals surface area contributed by atoms with Crippen LogP contribution in [0.15, 0.2) is 53.4 Å². The molecule has 0 saturated heterocycles. The molecule has 4 rings (SSSR count). The molecule has 3 heterocycles. The van der Waals surface area contributed by atoms with E-state index in [1.807, 2.05) is 0 Å². The Morgan fingerprint density at radius 1 is 1.18 bits per heavy atom. The fraction of sp³-hybridized carbons (Fsp3) is 0.261. The molecule has 0 amide bonds. The lowest BCUT2D eigenvalue weighted by Crippen LogP contribution is -2.28. The van der Waals surface area contributed by atoms with Crippen LogP contribution in [0.1, 0.15) is 19.4 Å². The molecule has 0 saturated carbocycles. The smallest absolute Gasteiger partial charge is 0.308 e. The summed E-state index contributed by atoms with van der Waals surface area (Å²) in [7, 11) is 0. The quantitative estimate of drug-likeness (QED) is 0.377. The minimum atomic E-state index is -0.985. The zero-order valence-electron chi connectivity index (χ0n) is 18.4. The highest BCUT2D eigenvalue weighted by Gasteiger charge is 2.23. The van der Waals surface area contributed by atoms with E-state index < -0.39 is 17.7 Å². The van der Waals surface area contributed by atoms with E-state index in [4.69, 9.17) is 4.52 Å². The molecule has 4 aromatic rings. The molecule has 176 valence electrons. The largest absolute Gasteiger partial charge is 0.481 e. The van der Waals surface area contributed by atoms with E-state index >= 15 is 0 Å². The van der Waals surface area contributed by atoms with Gasteiger partial charge in [-0.2, -0.15) is 5.10 Å². The van der Waals surface area contributed by atoms with Crippen LogP contribution in [0.5, 0.6) is 0 Å². The molecule has 1 atom stereocenters. The van der Waals surface area contributed by atoms with Gasteiger partial charge in [0.1, 0.15) is 23.5 Å². The topological polar surface area (TPSA) is 119 Å². The Morgan fingerprint density at radius 3 is 2.65 bits per heavy atom. The van der Waals surface area contributed by atoms with Crippen LogP contribution in [0.2, 0.25) is 0 Å². The van der Waals surface area contributed by atoms with Gasteiger partial charge in [-0.1, -0.05) is 37.2 Å². The Labute approximate surface area is 193 Å². The second-order valence-corrected chi connectivity index (χ2v) is 8.01. The summed E-state index contributed by atoms with van der Waals surface area (Å²) in [5, 5.41) is 20.6. The van der Waals surface area contributed by atoms with Gasteiger partial charge in [0.2, 0.25) is 0 Å². The van der Waals surface area contributed by atoms with Crippen molar-refractivity contribution in [3.05, 3.63) is 66.1 Å². The van der Waals surface area contributed by atoms with Crippen LogP contribution in [0.4, 0.5) is 14.6 Å². The maximum absolute atomic E-state index is 14.4. The summed E-state index contributed by atoms with van der Waals surface area (Å²) < 4.78 is 35.1. The van der Waals surface area contributed by atoms with Crippen molar-refractivity contribution in [1.29, 1.82) is 0 Å². The Morgan fingerprint density at radius 2 is 1.97 bits per heavy atom. The van der Waals surface area contributed by atoms with Crippen molar-refractivity contribution in [1.82, 2.24) is 24.9 Å². The maximum atomic E-state index is 14.4. The normalized spacial score (nSPS) is 12.1. The van der Waals surface area contributed by atoms with Gasteiger partial charge < -0.3 is 14.9 Å². The second kappa shape index (κ2) is 9.77. The molecule has 0 radical (unpaired) electrons. The number of halogens is 2. The van der Waals surface area contributed by atoms with Crippen molar-refractivity contribution in [3.8, 4) is 22.9 Å². The number of nitrogens with zero attached hydrogens (tertiary/aromatic N) is 5. The zero-order valence-corrected chi connectivity index (χ0v) is 18.4. The first-order valence-corrected chi connectivity index (χ1v) is 10.5. The van der Waals surface area contributed by atoms with Gasteiger partial charge in [-0.25, -0.2) is 18.7 Å².